The molecule has 0 saturated carbocycles. The number of rotatable bonds is 7. The highest BCUT2D eigenvalue weighted by Gasteiger charge is 2.16. The molecule has 0 spiro atoms. The van der Waals surface area contributed by atoms with Gasteiger partial charge in [-0.25, -0.2) is 4.98 Å². The lowest BCUT2D eigenvalue weighted by Crippen LogP contribution is -2.26. The summed E-state index contributed by atoms with van der Waals surface area (Å²) >= 11 is 1.43. The Morgan fingerprint density at radius 3 is 2.41 bits per heavy atom. The second kappa shape index (κ2) is 10.8. The topological polar surface area (TPSA) is 64.1 Å². The first-order valence-electron chi connectivity index (χ1n) is 12.1. The highest BCUT2D eigenvalue weighted by molar-refractivity contribution is 7.11. The van der Waals surface area contributed by atoms with Gasteiger partial charge in [0.2, 0.25) is 0 Å². The van der Waals surface area contributed by atoms with Crippen LogP contribution < -0.4 is 10.1 Å². The molecule has 2 aromatic heterocycles. The lowest BCUT2D eigenvalue weighted by molar-refractivity contribution is 0.0939. The van der Waals surface area contributed by atoms with Crippen LogP contribution >= 0.6 is 11.3 Å². The standard InChI is InChI=1S/C31H27N3O2S/c1-20-9-12-23(13-10-20)26-15-27(30(35)33-22(3)25-14-11-21(2)32-18-25)17-28(16-26)36-31-34-29(19-37-31)24-7-5-4-6-8-24/h4-19,22H,1-3H3,(H,33,35)/t22-/m1/s1. The van der Waals surface area contributed by atoms with E-state index in [2.05, 4.69) is 34.3 Å². The molecule has 0 aliphatic heterocycles. The van der Waals surface area contributed by atoms with Gasteiger partial charge in [-0.05, 0) is 61.7 Å². The summed E-state index contributed by atoms with van der Waals surface area (Å²) in [5.41, 5.74) is 7.35. The van der Waals surface area contributed by atoms with Crippen molar-refractivity contribution >= 4 is 17.2 Å². The number of pyridine rings is 1. The third kappa shape index (κ3) is 5.93. The summed E-state index contributed by atoms with van der Waals surface area (Å²) in [6.45, 7) is 5.94. The number of hydrogen-bond acceptors (Lipinski definition) is 5. The molecular formula is C31H27N3O2S. The fraction of sp³-hybridized carbons (Fsp3) is 0.129. The van der Waals surface area contributed by atoms with Gasteiger partial charge in [0.25, 0.3) is 11.1 Å². The second-order valence-corrected chi connectivity index (χ2v) is 9.83. The lowest BCUT2D eigenvalue weighted by Gasteiger charge is -2.16. The van der Waals surface area contributed by atoms with Crippen molar-refractivity contribution in [2.45, 2.75) is 26.8 Å². The molecule has 1 atom stereocenters. The molecule has 1 amide bonds. The highest BCUT2D eigenvalue weighted by Crippen LogP contribution is 2.33. The largest absolute Gasteiger partial charge is 0.431 e. The molecule has 0 radical (unpaired) electrons. The quantitative estimate of drug-likeness (QED) is 0.245. The van der Waals surface area contributed by atoms with Crippen molar-refractivity contribution in [2.75, 3.05) is 0 Å². The van der Waals surface area contributed by atoms with Crippen LogP contribution in [0.5, 0.6) is 10.9 Å². The number of amides is 1. The number of carbonyl (C=O) groups is 1. The van der Waals surface area contributed by atoms with Crippen molar-refractivity contribution in [2.24, 2.45) is 0 Å². The van der Waals surface area contributed by atoms with Crippen LogP contribution in [-0.4, -0.2) is 15.9 Å². The van der Waals surface area contributed by atoms with E-state index in [1.54, 1.807) is 12.3 Å². The van der Waals surface area contributed by atoms with Gasteiger partial charge in [0.15, 0.2) is 0 Å². The number of aromatic nitrogens is 2. The van der Waals surface area contributed by atoms with Gasteiger partial charge in [0, 0.05) is 28.4 Å². The summed E-state index contributed by atoms with van der Waals surface area (Å²) in [6.07, 6.45) is 1.80. The molecule has 6 heteroatoms. The summed E-state index contributed by atoms with van der Waals surface area (Å²) in [4.78, 5) is 22.3. The number of thiazole rings is 1. The van der Waals surface area contributed by atoms with Crippen LogP contribution in [0.1, 0.15) is 40.1 Å². The fourth-order valence-corrected chi connectivity index (χ4v) is 4.64. The summed E-state index contributed by atoms with van der Waals surface area (Å²) in [7, 11) is 0. The van der Waals surface area contributed by atoms with Crippen molar-refractivity contribution < 1.29 is 9.53 Å². The molecule has 5 nitrogen and oxygen atoms in total. The molecule has 37 heavy (non-hydrogen) atoms. The van der Waals surface area contributed by atoms with Gasteiger partial charge in [-0.15, -0.1) is 0 Å². The number of nitrogens with one attached hydrogen (secondary N) is 1. The molecule has 0 saturated heterocycles. The molecule has 0 unspecified atom stereocenters. The molecule has 5 rings (SSSR count). The number of nitrogens with zero attached hydrogens (tertiary/aromatic N) is 2. The molecule has 1 N–H and O–H groups in total. The van der Waals surface area contributed by atoms with E-state index in [1.165, 1.54) is 16.9 Å². The minimum atomic E-state index is -0.194. The Morgan fingerprint density at radius 1 is 0.892 bits per heavy atom. The van der Waals surface area contributed by atoms with Gasteiger partial charge >= 0.3 is 0 Å². The van der Waals surface area contributed by atoms with E-state index in [0.29, 0.717) is 16.5 Å². The maximum atomic E-state index is 13.3. The van der Waals surface area contributed by atoms with Gasteiger partial charge in [-0.1, -0.05) is 77.6 Å². The van der Waals surface area contributed by atoms with Gasteiger partial charge in [0.1, 0.15) is 5.75 Å². The fourth-order valence-electron chi connectivity index (χ4n) is 3.95. The van der Waals surface area contributed by atoms with Crippen LogP contribution in [0.4, 0.5) is 0 Å². The third-order valence-electron chi connectivity index (χ3n) is 6.09. The number of hydrogen-bond donors (Lipinski definition) is 1. The maximum Gasteiger partial charge on any atom is 0.279 e. The summed E-state index contributed by atoms with van der Waals surface area (Å²) in [5, 5.41) is 5.58. The van der Waals surface area contributed by atoms with E-state index in [0.717, 1.165) is 33.6 Å². The monoisotopic (exact) mass is 505 g/mol. The second-order valence-electron chi connectivity index (χ2n) is 9.01. The molecule has 184 valence electrons. The maximum absolute atomic E-state index is 13.3. The predicted octanol–water partition coefficient (Wildman–Crippen LogP) is 7.77. The molecule has 5 aromatic rings. The highest BCUT2D eigenvalue weighted by atomic mass is 32.1. The van der Waals surface area contributed by atoms with Crippen LogP contribution in [0.2, 0.25) is 0 Å². The number of aryl methyl sites for hydroxylation is 2. The summed E-state index contributed by atoms with van der Waals surface area (Å²) in [5.74, 6) is 0.373. The van der Waals surface area contributed by atoms with E-state index in [-0.39, 0.29) is 11.9 Å². The van der Waals surface area contributed by atoms with Crippen LogP contribution in [0.15, 0.2) is 96.5 Å². The molecule has 0 fully saturated rings. The van der Waals surface area contributed by atoms with Crippen molar-refractivity contribution in [1.29, 1.82) is 0 Å². The first kappa shape index (κ1) is 24.4. The zero-order valence-electron chi connectivity index (χ0n) is 20.9. The molecule has 0 aliphatic carbocycles. The van der Waals surface area contributed by atoms with Gasteiger partial charge < -0.3 is 10.1 Å². The van der Waals surface area contributed by atoms with Crippen LogP contribution in [-0.2, 0) is 0 Å². The number of ether oxygens (including phenoxy) is 1. The van der Waals surface area contributed by atoms with Gasteiger partial charge in [-0.3, -0.25) is 9.78 Å². The van der Waals surface area contributed by atoms with Crippen LogP contribution in [0.25, 0.3) is 22.4 Å². The van der Waals surface area contributed by atoms with Crippen molar-refractivity contribution in [1.82, 2.24) is 15.3 Å². The van der Waals surface area contributed by atoms with E-state index in [1.807, 2.05) is 86.0 Å². The minimum Gasteiger partial charge on any atom is -0.431 e. The van der Waals surface area contributed by atoms with E-state index in [4.69, 9.17) is 4.74 Å². The Balaban J connectivity index is 1.44. The molecule has 2 heterocycles. The lowest BCUT2D eigenvalue weighted by atomic mass is 10.0. The third-order valence-corrected chi connectivity index (χ3v) is 6.81. The molecule has 3 aromatic carbocycles. The van der Waals surface area contributed by atoms with E-state index in [9.17, 15) is 4.79 Å². The zero-order valence-corrected chi connectivity index (χ0v) is 21.8. The van der Waals surface area contributed by atoms with Crippen molar-refractivity contribution in [3.63, 3.8) is 0 Å². The average Bonchev–Trinajstić information content (AvgIpc) is 3.38. The normalized spacial score (nSPS) is 11.6. The van der Waals surface area contributed by atoms with E-state index >= 15 is 0 Å². The van der Waals surface area contributed by atoms with E-state index < -0.39 is 0 Å². The molecule has 0 aliphatic rings. The van der Waals surface area contributed by atoms with Crippen molar-refractivity contribution in [3.05, 3.63) is 119 Å². The SMILES string of the molecule is Cc1ccc(-c2cc(Oc3nc(-c4ccccc4)cs3)cc(C(=O)N[C@H](C)c3ccc(C)nc3)c2)cc1. The molecular weight excluding hydrogens is 478 g/mol. The minimum absolute atomic E-state index is 0.184. The summed E-state index contributed by atoms with van der Waals surface area (Å²) in [6, 6.07) is 27.5. The van der Waals surface area contributed by atoms with Gasteiger partial charge in [0.05, 0.1) is 11.7 Å². The Kier molecular flexibility index (Phi) is 7.10. The van der Waals surface area contributed by atoms with Crippen LogP contribution in [0.3, 0.4) is 0 Å². The summed E-state index contributed by atoms with van der Waals surface area (Å²) < 4.78 is 6.18. The first-order chi connectivity index (χ1) is 17.9. The van der Waals surface area contributed by atoms with Gasteiger partial charge in [-0.2, -0.15) is 0 Å². The van der Waals surface area contributed by atoms with Crippen LogP contribution in [0, 0.1) is 13.8 Å². The number of carbonyl (C=O) groups excluding carboxylic acids is 1. The Hall–Kier alpha value is -4.29. The Labute approximate surface area is 220 Å². The smallest absolute Gasteiger partial charge is 0.279 e. The zero-order chi connectivity index (χ0) is 25.8. The predicted molar refractivity (Wildman–Crippen MR) is 149 cm³/mol. The van der Waals surface area contributed by atoms with Crippen molar-refractivity contribution in [3.8, 4) is 33.3 Å². The first-order valence-corrected chi connectivity index (χ1v) is 13.0. The molecule has 0 bridgehead atoms. The Bertz CT molecular complexity index is 1510. The average molecular weight is 506 g/mol. The Morgan fingerprint density at radius 2 is 1.68 bits per heavy atom. The number of benzene rings is 3.